The monoisotopic (exact) mass is 495 g/mol. The molecule has 1 atom stereocenters. The van der Waals surface area contributed by atoms with Crippen molar-refractivity contribution in [3.8, 4) is 0 Å². The summed E-state index contributed by atoms with van der Waals surface area (Å²) in [5.41, 5.74) is 13.1. The molecular weight excluding hydrogens is 470 g/mol. The quantitative estimate of drug-likeness (QED) is 0.210. The van der Waals surface area contributed by atoms with Crippen LogP contribution in [0, 0.1) is 0 Å². The third-order valence-corrected chi connectivity index (χ3v) is 6.28. The van der Waals surface area contributed by atoms with Crippen LogP contribution in [-0.2, 0) is 0 Å². The van der Waals surface area contributed by atoms with E-state index >= 15 is 0 Å². The number of anilines is 3. The molecule has 0 aliphatic carbocycles. The van der Waals surface area contributed by atoms with Gasteiger partial charge in [-0.15, -0.1) is 0 Å². The SMILES string of the molecule is C/C=C/C(N)Nc1cc(N2CC(N)C2)nc(Sc2ccc(NC(=O)c3ccccc3Cl)cc2)n1. The van der Waals surface area contributed by atoms with E-state index in [4.69, 9.17) is 28.1 Å². The molecular formula is C24H26ClN7OS. The lowest BCUT2D eigenvalue weighted by Crippen LogP contribution is -2.56. The Morgan fingerprint density at radius 2 is 1.94 bits per heavy atom. The standard InChI is InChI=1S/C24H26ClN7OS/c1-2-5-20(27)29-21-12-22(32-13-15(26)14-32)31-24(30-21)34-17-10-8-16(9-11-17)28-23(33)18-6-3-4-7-19(18)25/h2-12,15,20H,13-14,26-27H2,1H3,(H,28,33)(H,29,30,31)/b5-2+. The van der Waals surface area contributed by atoms with E-state index < -0.39 is 0 Å². The Morgan fingerprint density at radius 1 is 1.21 bits per heavy atom. The minimum atomic E-state index is -0.356. The fourth-order valence-electron chi connectivity index (χ4n) is 3.38. The second kappa shape index (κ2) is 10.9. The summed E-state index contributed by atoms with van der Waals surface area (Å²) in [5.74, 6) is 1.18. The van der Waals surface area contributed by atoms with Gasteiger partial charge >= 0.3 is 0 Å². The van der Waals surface area contributed by atoms with E-state index in [1.54, 1.807) is 24.3 Å². The molecule has 1 aromatic heterocycles. The first-order valence-electron chi connectivity index (χ1n) is 10.8. The van der Waals surface area contributed by atoms with Gasteiger partial charge in [-0.05, 0) is 55.1 Å². The highest BCUT2D eigenvalue weighted by molar-refractivity contribution is 7.99. The maximum absolute atomic E-state index is 12.5. The molecule has 1 amide bonds. The number of nitrogens with two attached hydrogens (primary N) is 2. The van der Waals surface area contributed by atoms with Crippen LogP contribution in [0.2, 0.25) is 5.02 Å². The molecule has 2 heterocycles. The molecule has 1 aliphatic heterocycles. The normalized spacial score (nSPS) is 14.6. The van der Waals surface area contributed by atoms with Gasteiger partial charge in [-0.1, -0.05) is 35.9 Å². The Labute approximate surface area is 207 Å². The van der Waals surface area contributed by atoms with Crippen molar-refractivity contribution in [2.45, 2.75) is 29.2 Å². The number of carbonyl (C=O) groups excluding carboxylic acids is 1. The summed E-state index contributed by atoms with van der Waals surface area (Å²) in [5, 5.41) is 7.04. The topological polar surface area (TPSA) is 122 Å². The Bertz CT molecular complexity index is 1180. The Morgan fingerprint density at radius 3 is 2.62 bits per heavy atom. The molecule has 10 heteroatoms. The fraction of sp³-hybridized carbons (Fsp3) is 0.208. The highest BCUT2D eigenvalue weighted by Gasteiger charge is 2.25. The number of amides is 1. The number of allylic oxidation sites excluding steroid dienone is 1. The van der Waals surface area contributed by atoms with Gasteiger partial charge in [0, 0.05) is 35.8 Å². The Balaban J connectivity index is 1.48. The molecule has 8 nitrogen and oxygen atoms in total. The number of nitrogens with zero attached hydrogens (tertiary/aromatic N) is 3. The van der Waals surface area contributed by atoms with Crippen molar-refractivity contribution in [3.63, 3.8) is 0 Å². The molecule has 3 aromatic rings. The molecule has 176 valence electrons. The maximum Gasteiger partial charge on any atom is 0.257 e. The molecule has 2 aromatic carbocycles. The molecule has 0 spiro atoms. The van der Waals surface area contributed by atoms with E-state index in [0.29, 0.717) is 27.2 Å². The lowest BCUT2D eigenvalue weighted by molar-refractivity contribution is 0.102. The summed E-state index contributed by atoms with van der Waals surface area (Å²) in [6, 6.07) is 16.4. The van der Waals surface area contributed by atoms with Crippen LogP contribution in [0.5, 0.6) is 0 Å². The first-order valence-corrected chi connectivity index (χ1v) is 12.0. The van der Waals surface area contributed by atoms with Crippen molar-refractivity contribution in [1.29, 1.82) is 0 Å². The maximum atomic E-state index is 12.5. The van der Waals surface area contributed by atoms with Crippen molar-refractivity contribution >= 4 is 46.6 Å². The number of rotatable bonds is 8. The van der Waals surface area contributed by atoms with Crippen LogP contribution in [-0.4, -0.2) is 41.2 Å². The van der Waals surface area contributed by atoms with Gasteiger partial charge in [0.05, 0.1) is 16.8 Å². The molecule has 1 aliphatic rings. The summed E-state index contributed by atoms with van der Waals surface area (Å²) in [4.78, 5) is 24.8. The molecule has 4 rings (SSSR count). The third kappa shape index (κ3) is 6.06. The highest BCUT2D eigenvalue weighted by atomic mass is 35.5. The van der Waals surface area contributed by atoms with E-state index in [0.717, 1.165) is 23.8 Å². The molecule has 34 heavy (non-hydrogen) atoms. The average Bonchev–Trinajstić information content (AvgIpc) is 2.78. The summed E-state index contributed by atoms with van der Waals surface area (Å²) >= 11 is 7.54. The van der Waals surface area contributed by atoms with Crippen molar-refractivity contribution in [1.82, 2.24) is 9.97 Å². The first kappa shape index (κ1) is 24.0. The van der Waals surface area contributed by atoms with Gasteiger partial charge < -0.3 is 27.0 Å². The number of nitrogens with one attached hydrogen (secondary N) is 2. The second-order valence-electron chi connectivity index (χ2n) is 7.82. The predicted molar refractivity (Wildman–Crippen MR) is 139 cm³/mol. The predicted octanol–water partition coefficient (Wildman–Crippen LogP) is 3.95. The van der Waals surface area contributed by atoms with Crippen LogP contribution in [0.25, 0.3) is 0 Å². The lowest BCUT2D eigenvalue weighted by atomic mass is 10.1. The number of aromatic nitrogens is 2. The smallest absolute Gasteiger partial charge is 0.257 e. The number of benzene rings is 2. The minimum Gasteiger partial charge on any atom is -0.353 e. The van der Waals surface area contributed by atoms with Gasteiger partial charge in [0.2, 0.25) is 0 Å². The van der Waals surface area contributed by atoms with Gasteiger partial charge in [-0.25, -0.2) is 9.97 Å². The van der Waals surface area contributed by atoms with Gasteiger partial charge in [-0.3, -0.25) is 4.79 Å². The molecule has 1 saturated heterocycles. The van der Waals surface area contributed by atoms with Crippen molar-refractivity contribution in [2.75, 3.05) is 28.6 Å². The zero-order valence-electron chi connectivity index (χ0n) is 18.6. The van der Waals surface area contributed by atoms with E-state index in [1.165, 1.54) is 11.8 Å². The van der Waals surface area contributed by atoms with Crippen LogP contribution in [0.1, 0.15) is 17.3 Å². The van der Waals surface area contributed by atoms with Crippen LogP contribution < -0.4 is 27.0 Å². The van der Waals surface area contributed by atoms with Crippen molar-refractivity contribution in [3.05, 3.63) is 77.3 Å². The average molecular weight is 496 g/mol. The lowest BCUT2D eigenvalue weighted by Gasteiger charge is -2.38. The van der Waals surface area contributed by atoms with Crippen LogP contribution in [0.4, 0.5) is 17.3 Å². The summed E-state index contributed by atoms with van der Waals surface area (Å²) in [7, 11) is 0. The van der Waals surface area contributed by atoms with E-state index in [2.05, 4.69) is 20.5 Å². The van der Waals surface area contributed by atoms with Crippen molar-refractivity contribution < 1.29 is 4.79 Å². The number of carbonyl (C=O) groups is 1. The molecule has 0 radical (unpaired) electrons. The first-order chi connectivity index (χ1) is 16.4. The van der Waals surface area contributed by atoms with Gasteiger partial charge in [0.1, 0.15) is 11.6 Å². The Kier molecular flexibility index (Phi) is 7.69. The largest absolute Gasteiger partial charge is 0.353 e. The van der Waals surface area contributed by atoms with Crippen molar-refractivity contribution in [2.24, 2.45) is 11.5 Å². The second-order valence-corrected chi connectivity index (χ2v) is 9.26. The Hall–Kier alpha value is -3.11. The van der Waals surface area contributed by atoms with Crippen LogP contribution >= 0.6 is 23.4 Å². The molecule has 0 saturated carbocycles. The molecule has 6 N–H and O–H groups in total. The molecule has 1 fully saturated rings. The summed E-state index contributed by atoms with van der Waals surface area (Å²) < 4.78 is 0. The minimum absolute atomic E-state index is 0.154. The molecule has 0 bridgehead atoms. The molecule has 1 unspecified atom stereocenters. The van der Waals surface area contributed by atoms with E-state index in [9.17, 15) is 4.79 Å². The number of halogens is 1. The third-order valence-electron chi connectivity index (χ3n) is 5.08. The van der Waals surface area contributed by atoms with Gasteiger partial charge in [0.25, 0.3) is 5.91 Å². The zero-order chi connectivity index (χ0) is 24.1. The zero-order valence-corrected chi connectivity index (χ0v) is 20.2. The summed E-state index contributed by atoms with van der Waals surface area (Å²) in [6.07, 6.45) is 3.38. The fourth-order valence-corrected chi connectivity index (χ4v) is 4.36. The van der Waals surface area contributed by atoms with Gasteiger partial charge in [-0.2, -0.15) is 0 Å². The van der Waals surface area contributed by atoms with Crippen LogP contribution in [0.15, 0.2) is 76.8 Å². The van der Waals surface area contributed by atoms with Crippen LogP contribution in [0.3, 0.4) is 0 Å². The number of hydrogen-bond acceptors (Lipinski definition) is 8. The number of hydrogen-bond donors (Lipinski definition) is 4. The van der Waals surface area contributed by atoms with E-state index in [1.807, 2.05) is 49.4 Å². The summed E-state index contributed by atoms with van der Waals surface area (Å²) in [6.45, 7) is 3.42. The van der Waals surface area contributed by atoms with Gasteiger partial charge in [0.15, 0.2) is 5.16 Å². The highest BCUT2D eigenvalue weighted by Crippen LogP contribution is 2.30. The van der Waals surface area contributed by atoms with E-state index in [-0.39, 0.29) is 18.1 Å².